The zero-order valence-corrected chi connectivity index (χ0v) is 20.6. The van der Waals surface area contributed by atoms with Gasteiger partial charge in [-0.1, -0.05) is 120 Å². The first-order valence-corrected chi connectivity index (χ1v) is 11.7. The highest BCUT2D eigenvalue weighted by atomic mass is 16.3. The van der Waals surface area contributed by atoms with Crippen molar-refractivity contribution < 1.29 is 5.11 Å². The Morgan fingerprint density at radius 3 is 1.48 bits per heavy atom. The predicted molar refractivity (Wildman–Crippen MR) is 142 cm³/mol. The first-order valence-electron chi connectivity index (χ1n) is 11.7. The highest BCUT2D eigenvalue weighted by molar-refractivity contribution is 5.84. The van der Waals surface area contributed by atoms with Crippen LogP contribution in [0.1, 0.15) is 52.7 Å². The normalized spacial score (nSPS) is 12.1. The molecule has 0 saturated heterocycles. The van der Waals surface area contributed by atoms with E-state index >= 15 is 0 Å². The van der Waals surface area contributed by atoms with E-state index in [9.17, 15) is 5.11 Å². The van der Waals surface area contributed by atoms with Crippen molar-refractivity contribution in [2.75, 3.05) is 0 Å². The Kier molecular flexibility index (Phi) is 5.93. The molecule has 1 heteroatoms. The van der Waals surface area contributed by atoms with E-state index < -0.39 is 0 Å². The SMILES string of the molecule is CC(C)(C)c1cc(-c2ccccc2)ccc1-c1c(O)cc(-c2ccccc2)cc1C(C)(C)C. The minimum atomic E-state index is -0.134. The second kappa shape index (κ2) is 8.56. The summed E-state index contributed by atoms with van der Waals surface area (Å²) in [6.45, 7) is 13.4. The number of hydrogen-bond donors (Lipinski definition) is 1. The molecule has 0 atom stereocenters. The number of aromatic hydroxyl groups is 1. The third kappa shape index (κ3) is 4.73. The molecule has 0 aromatic heterocycles. The van der Waals surface area contributed by atoms with Gasteiger partial charge < -0.3 is 5.11 Å². The van der Waals surface area contributed by atoms with Crippen molar-refractivity contribution in [3.05, 3.63) is 102 Å². The van der Waals surface area contributed by atoms with Gasteiger partial charge in [0.1, 0.15) is 5.75 Å². The summed E-state index contributed by atoms with van der Waals surface area (Å²) in [5.74, 6) is 0.333. The van der Waals surface area contributed by atoms with Gasteiger partial charge in [-0.15, -0.1) is 0 Å². The molecule has 0 aliphatic heterocycles. The van der Waals surface area contributed by atoms with Gasteiger partial charge in [-0.2, -0.15) is 0 Å². The average molecular weight is 435 g/mol. The molecular weight excluding hydrogens is 400 g/mol. The van der Waals surface area contributed by atoms with E-state index in [4.69, 9.17) is 0 Å². The number of benzene rings is 4. The molecule has 0 spiro atoms. The maximum Gasteiger partial charge on any atom is 0.124 e. The van der Waals surface area contributed by atoms with Crippen LogP contribution in [0.5, 0.6) is 5.75 Å². The van der Waals surface area contributed by atoms with Crippen molar-refractivity contribution in [2.45, 2.75) is 52.4 Å². The maximum absolute atomic E-state index is 11.4. The lowest BCUT2D eigenvalue weighted by Gasteiger charge is -2.29. The molecule has 0 aliphatic rings. The van der Waals surface area contributed by atoms with Gasteiger partial charge in [-0.25, -0.2) is 0 Å². The van der Waals surface area contributed by atoms with Crippen LogP contribution < -0.4 is 0 Å². The van der Waals surface area contributed by atoms with Crippen LogP contribution >= 0.6 is 0 Å². The summed E-state index contributed by atoms with van der Waals surface area (Å²) in [6, 6.07) is 31.6. The summed E-state index contributed by atoms with van der Waals surface area (Å²) in [5, 5.41) is 11.4. The minimum absolute atomic E-state index is 0.0835. The molecule has 4 aromatic carbocycles. The van der Waals surface area contributed by atoms with E-state index in [-0.39, 0.29) is 10.8 Å². The van der Waals surface area contributed by atoms with Crippen molar-refractivity contribution >= 4 is 0 Å². The van der Waals surface area contributed by atoms with Crippen molar-refractivity contribution in [3.63, 3.8) is 0 Å². The van der Waals surface area contributed by atoms with E-state index in [1.54, 1.807) is 0 Å². The number of phenols is 1. The summed E-state index contributed by atoms with van der Waals surface area (Å²) in [4.78, 5) is 0. The second-order valence-electron chi connectivity index (χ2n) is 10.9. The maximum atomic E-state index is 11.4. The van der Waals surface area contributed by atoms with Crippen molar-refractivity contribution in [1.82, 2.24) is 0 Å². The summed E-state index contributed by atoms with van der Waals surface area (Å²) >= 11 is 0. The predicted octanol–water partition coefficient (Wildman–Crippen LogP) is 8.99. The highest BCUT2D eigenvalue weighted by Crippen LogP contribution is 2.46. The monoisotopic (exact) mass is 434 g/mol. The standard InChI is InChI=1S/C32H34O/c1-31(2,3)27-19-24(22-13-9-7-10-14-22)17-18-26(27)30-28(32(4,5)6)20-25(21-29(30)33)23-15-11-8-12-16-23/h7-21,33H,1-6H3. The lowest BCUT2D eigenvalue weighted by Crippen LogP contribution is -2.17. The second-order valence-corrected chi connectivity index (χ2v) is 10.9. The first-order chi connectivity index (χ1) is 15.6. The molecule has 0 radical (unpaired) electrons. The fourth-order valence-corrected chi connectivity index (χ4v) is 4.49. The molecule has 1 N–H and O–H groups in total. The van der Waals surface area contributed by atoms with E-state index in [2.05, 4.69) is 102 Å². The van der Waals surface area contributed by atoms with Gasteiger partial charge in [0.25, 0.3) is 0 Å². The van der Waals surface area contributed by atoms with E-state index in [0.29, 0.717) is 5.75 Å². The first kappa shape index (κ1) is 22.9. The molecule has 0 aliphatic carbocycles. The number of rotatable bonds is 3. The molecule has 0 heterocycles. The molecule has 168 valence electrons. The highest BCUT2D eigenvalue weighted by Gasteiger charge is 2.27. The van der Waals surface area contributed by atoms with Gasteiger partial charge in [-0.3, -0.25) is 0 Å². The molecule has 0 amide bonds. The summed E-state index contributed by atoms with van der Waals surface area (Å²) < 4.78 is 0. The Morgan fingerprint density at radius 2 is 0.970 bits per heavy atom. The Bertz CT molecular complexity index is 1250. The quantitative estimate of drug-likeness (QED) is 0.341. The third-order valence-electron chi connectivity index (χ3n) is 6.24. The summed E-state index contributed by atoms with van der Waals surface area (Å²) in [6.07, 6.45) is 0. The van der Waals surface area contributed by atoms with Gasteiger partial charge in [0.05, 0.1) is 0 Å². The average Bonchev–Trinajstić information content (AvgIpc) is 2.78. The van der Waals surface area contributed by atoms with E-state index in [1.807, 2.05) is 30.3 Å². The number of phenolic OH excluding ortho intramolecular Hbond substituents is 1. The fourth-order valence-electron chi connectivity index (χ4n) is 4.49. The molecule has 0 saturated carbocycles. The molecule has 4 rings (SSSR count). The van der Waals surface area contributed by atoms with Gasteiger partial charge in [0.15, 0.2) is 0 Å². The Balaban J connectivity index is 1.98. The fraction of sp³-hybridized carbons (Fsp3) is 0.250. The minimum Gasteiger partial charge on any atom is -0.507 e. The van der Waals surface area contributed by atoms with Crippen molar-refractivity contribution in [1.29, 1.82) is 0 Å². The van der Waals surface area contributed by atoms with Gasteiger partial charge >= 0.3 is 0 Å². The largest absolute Gasteiger partial charge is 0.507 e. The van der Waals surface area contributed by atoms with Crippen LogP contribution in [0.3, 0.4) is 0 Å². The molecule has 0 unspecified atom stereocenters. The van der Waals surface area contributed by atoms with Crippen molar-refractivity contribution in [2.24, 2.45) is 0 Å². The topological polar surface area (TPSA) is 20.2 Å². The zero-order valence-electron chi connectivity index (χ0n) is 20.6. The smallest absolute Gasteiger partial charge is 0.124 e. The zero-order chi connectivity index (χ0) is 23.8. The molecule has 4 aromatic rings. The van der Waals surface area contributed by atoms with E-state index in [0.717, 1.165) is 27.8 Å². The molecular formula is C32H34O. The Hall–Kier alpha value is -3.32. The molecule has 33 heavy (non-hydrogen) atoms. The lowest BCUT2D eigenvalue weighted by molar-refractivity contribution is 0.473. The lowest BCUT2D eigenvalue weighted by atomic mass is 9.75. The van der Waals surface area contributed by atoms with Gasteiger partial charge in [-0.05, 0) is 61.9 Å². The van der Waals surface area contributed by atoms with E-state index in [1.165, 1.54) is 16.7 Å². The molecule has 0 bridgehead atoms. The summed E-state index contributed by atoms with van der Waals surface area (Å²) in [7, 11) is 0. The molecule has 1 nitrogen and oxygen atoms in total. The Labute approximate surface area is 198 Å². The Morgan fingerprint density at radius 1 is 0.485 bits per heavy atom. The van der Waals surface area contributed by atoms with Gasteiger partial charge in [0.2, 0.25) is 0 Å². The molecule has 0 fully saturated rings. The van der Waals surface area contributed by atoms with Crippen LogP contribution in [-0.2, 0) is 10.8 Å². The van der Waals surface area contributed by atoms with Crippen molar-refractivity contribution in [3.8, 4) is 39.1 Å². The van der Waals surface area contributed by atoms with Crippen LogP contribution in [0.25, 0.3) is 33.4 Å². The van der Waals surface area contributed by atoms with Gasteiger partial charge in [0, 0.05) is 5.56 Å². The van der Waals surface area contributed by atoms with Crippen LogP contribution in [0.15, 0.2) is 91.0 Å². The van der Waals surface area contributed by atoms with Crippen LogP contribution in [0.2, 0.25) is 0 Å². The summed E-state index contributed by atoms with van der Waals surface area (Å²) in [5.41, 5.74) is 8.76. The van der Waals surface area contributed by atoms with Crippen LogP contribution in [0, 0.1) is 0 Å². The number of hydrogen-bond acceptors (Lipinski definition) is 1. The van der Waals surface area contributed by atoms with Crippen LogP contribution in [0.4, 0.5) is 0 Å². The third-order valence-corrected chi connectivity index (χ3v) is 6.24. The van der Waals surface area contributed by atoms with Crippen LogP contribution in [-0.4, -0.2) is 5.11 Å².